The molecule has 1 aliphatic heterocycles. The minimum absolute atomic E-state index is 0.0174. The van der Waals surface area contributed by atoms with E-state index in [9.17, 15) is 33.9 Å². The summed E-state index contributed by atoms with van der Waals surface area (Å²) in [5.41, 5.74) is -0.0174. The molecule has 0 aromatic heterocycles. The Hall–Kier alpha value is -3.80. The maximum Gasteiger partial charge on any atom is 0.425 e. The molecule has 0 aliphatic carbocycles. The molecule has 166 valence electrons. The average molecular weight is 436 g/mol. The van der Waals surface area contributed by atoms with Crippen molar-refractivity contribution in [1.82, 2.24) is 10.6 Å². The van der Waals surface area contributed by atoms with E-state index in [1.54, 1.807) is 0 Å². The highest BCUT2D eigenvalue weighted by Crippen LogP contribution is 2.31. The number of urea groups is 1. The lowest BCUT2D eigenvalue weighted by molar-refractivity contribution is -0.769. The Kier molecular flexibility index (Phi) is 7.08. The molecular weight excluding hydrogens is 414 g/mol. The molecule has 3 N–H and O–H groups in total. The number of amides is 4. The van der Waals surface area contributed by atoms with Crippen LogP contribution in [-0.4, -0.2) is 65.0 Å². The van der Waals surface area contributed by atoms with E-state index < -0.39 is 46.3 Å². The standard InChI is InChI=1S/C19H21N3O9/c1-4-22(8-7-20-16(25)17(22)26)19(29)21-15(18(27)28)12-5-6-13(30-10(2)23)14(9-12)31-11(3)24/h5-6,9,15H,4,7-8H2,1-3H3,(H2-,20,21,25,27,28,29)/p+1. The quantitative estimate of drug-likeness (QED) is 0.238. The van der Waals surface area contributed by atoms with Crippen LogP contribution in [0, 0.1) is 0 Å². The van der Waals surface area contributed by atoms with Gasteiger partial charge in [-0.05, 0) is 24.6 Å². The summed E-state index contributed by atoms with van der Waals surface area (Å²) < 4.78 is 9.02. The van der Waals surface area contributed by atoms with Crippen LogP contribution in [0.2, 0.25) is 0 Å². The van der Waals surface area contributed by atoms with Gasteiger partial charge in [-0.3, -0.25) is 19.7 Å². The number of carboxylic acids is 1. The van der Waals surface area contributed by atoms with Crippen molar-refractivity contribution in [3.05, 3.63) is 23.8 Å². The first-order valence-electron chi connectivity index (χ1n) is 9.26. The predicted molar refractivity (Wildman–Crippen MR) is 102 cm³/mol. The summed E-state index contributed by atoms with van der Waals surface area (Å²) in [4.78, 5) is 71.6. The first kappa shape index (κ1) is 23.5. The molecule has 0 spiro atoms. The number of carboxylic acid groups (broad SMARTS) is 1. The third-order valence-electron chi connectivity index (χ3n) is 4.61. The zero-order chi connectivity index (χ0) is 23.3. The van der Waals surface area contributed by atoms with E-state index in [1.807, 2.05) is 0 Å². The maximum absolute atomic E-state index is 12.9. The minimum Gasteiger partial charge on any atom is -0.479 e. The van der Waals surface area contributed by atoms with Gasteiger partial charge in [-0.15, -0.1) is 0 Å². The number of nitrogens with zero attached hydrogens (tertiary/aromatic N) is 1. The number of quaternary nitrogens is 1. The number of benzene rings is 1. The number of aliphatic carboxylic acids is 1. The van der Waals surface area contributed by atoms with Gasteiger partial charge in [0.1, 0.15) is 6.54 Å². The summed E-state index contributed by atoms with van der Waals surface area (Å²) in [6, 6.07) is 0.978. The van der Waals surface area contributed by atoms with Crippen LogP contribution in [-0.2, 0) is 24.0 Å². The highest BCUT2D eigenvalue weighted by atomic mass is 16.6. The third kappa shape index (κ3) is 5.04. The van der Waals surface area contributed by atoms with E-state index in [-0.39, 0.29) is 36.7 Å². The van der Waals surface area contributed by atoms with Crippen molar-refractivity contribution < 1.29 is 47.8 Å². The Bertz CT molecular complexity index is 959. The number of carbonyl (C=O) groups excluding carboxylic acids is 5. The second kappa shape index (κ2) is 9.34. The van der Waals surface area contributed by atoms with E-state index in [1.165, 1.54) is 19.1 Å². The number of carbonyl (C=O) groups is 6. The number of imide groups is 1. The van der Waals surface area contributed by atoms with Gasteiger partial charge in [-0.25, -0.2) is 14.4 Å². The lowest BCUT2D eigenvalue weighted by Crippen LogP contribution is -2.70. The van der Waals surface area contributed by atoms with Crippen molar-refractivity contribution in [1.29, 1.82) is 0 Å². The van der Waals surface area contributed by atoms with Gasteiger partial charge >= 0.3 is 35.8 Å². The maximum atomic E-state index is 12.9. The number of esters is 2. The smallest absolute Gasteiger partial charge is 0.425 e. The number of hydrogen-bond donors (Lipinski definition) is 3. The summed E-state index contributed by atoms with van der Waals surface area (Å²) in [6.07, 6.45) is 0. The van der Waals surface area contributed by atoms with Gasteiger partial charge in [0, 0.05) is 13.8 Å². The van der Waals surface area contributed by atoms with Gasteiger partial charge in [0.25, 0.3) is 0 Å². The predicted octanol–water partition coefficient (Wildman–Crippen LogP) is -0.134. The number of ether oxygens (including phenoxy) is 2. The van der Waals surface area contributed by atoms with Crippen LogP contribution in [0.4, 0.5) is 4.79 Å². The van der Waals surface area contributed by atoms with Gasteiger partial charge in [0.05, 0.1) is 13.1 Å². The Morgan fingerprint density at radius 1 is 1.13 bits per heavy atom. The first-order valence-corrected chi connectivity index (χ1v) is 9.26. The fourth-order valence-corrected chi connectivity index (χ4v) is 3.08. The third-order valence-corrected chi connectivity index (χ3v) is 4.61. The van der Waals surface area contributed by atoms with E-state index in [0.29, 0.717) is 0 Å². The molecule has 0 saturated carbocycles. The molecule has 1 heterocycles. The number of likely N-dealkylation sites (N-methyl/N-ethyl adjacent to an activating group) is 1. The zero-order valence-electron chi connectivity index (χ0n) is 17.1. The van der Waals surface area contributed by atoms with Gasteiger partial charge in [0.15, 0.2) is 17.5 Å². The normalized spacial score (nSPS) is 19.1. The minimum atomic E-state index is -1.65. The van der Waals surface area contributed by atoms with Crippen molar-refractivity contribution in [2.75, 3.05) is 19.6 Å². The van der Waals surface area contributed by atoms with Crippen molar-refractivity contribution >= 4 is 35.8 Å². The molecule has 1 aromatic rings. The molecule has 1 aromatic carbocycles. The van der Waals surface area contributed by atoms with Crippen LogP contribution in [0.15, 0.2) is 18.2 Å². The molecule has 12 heteroatoms. The molecule has 2 rings (SSSR count). The van der Waals surface area contributed by atoms with Gasteiger partial charge in [-0.1, -0.05) is 6.07 Å². The molecule has 2 atom stereocenters. The highest BCUT2D eigenvalue weighted by Gasteiger charge is 2.50. The second-order valence-corrected chi connectivity index (χ2v) is 6.68. The van der Waals surface area contributed by atoms with Crippen LogP contribution in [0.5, 0.6) is 11.5 Å². The van der Waals surface area contributed by atoms with Gasteiger partial charge < -0.3 is 19.9 Å². The van der Waals surface area contributed by atoms with E-state index in [2.05, 4.69) is 10.6 Å². The average Bonchev–Trinajstić information content (AvgIpc) is 2.68. The van der Waals surface area contributed by atoms with E-state index in [4.69, 9.17) is 9.47 Å². The number of rotatable bonds is 6. The SMILES string of the molecule is CC[N+]1(C(=O)NC(C(=O)O)c2ccc(OC(C)=O)c(OC(C)=O)c2)CCNC(=O)C1=O. The summed E-state index contributed by atoms with van der Waals surface area (Å²) in [7, 11) is 0. The lowest BCUT2D eigenvalue weighted by atomic mass is 10.1. The van der Waals surface area contributed by atoms with Crippen molar-refractivity contribution in [3.63, 3.8) is 0 Å². The van der Waals surface area contributed by atoms with Crippen molar-refractivity contribution in [2.45, 2.75) is 26.8 Å². The zero-order valence-corrected chi connectivity index (χ0v) is 17.1. The molecule has 2 unspecified atom stereocenters. The summed E-state index contributed by atoms with van der Waals surface area (Å²) in [5.74, 6) is -5.19. The fourth-order valence-electron chi connectivity index (χ4n) is 3.08. The lowest BCUT2D eigenvalue weighted by Gasteiger charge is -2.34. The van der Waals surface area contributed by atoms with Crippen LogP contribution < -0.4 is 20.1 Å². The first-order chi connectivity index (χ1) is 14.5. The summed E-state index contributed by atoms with van der Waals surface area (Å²) >= 11 is 0. The van der Waals surface area contributed by atoms with Gasteiger partial charge in [-0.2, -0.15) is 4.48 Å². The van der Waals surface area contributed by atoms with Crippen LogP contribution in [0.3, 0.4) is 0 Å². The topological polar surface area (TPSA) is 165 Å². The summed E-state index contributed by atoms with van der Waals surface area (Å²) in [6.45, 7) is 3.72. The molecular formula is C19H22N3O9+. The molecule has 0 bridgehead atoms. The molecule has 1 fully saturated rings. The largest absolute Gasteiger partial charge is 0.479 e. The van der Waals surface area contributed by atoms with E-state index >= 15 is 0 Å². The second-order valence-electron chi connectivity index (χ2n) is 6.68. The number of piperazine rings is 1. The molecule has 1 aliphatic rings. The monoisotopic (exact) mass is 436 g/mol. The number of hydrogen-bond acceptors (Lipinski definition) is 8. The van der Waals surface area contributed by atoms with Crippen molar-refractivity contribution in [3.8, 4) is 11.5 Å². The van der Waals surface area contributed by atoms with E-state index in [0.717, 1.165) is 19.9 Å². The molecule has 4 amide bonds. The molecule has 12 nitrogen and oxygen atoms in total. The van der Waals surface area contributed by atoms with Gasteiger partial charge in [0.2, 0.25) is 0 Å². The van der Waals surface area contributed by atoms with Crippen LogP contribution in [0.25, 0.3) is 0 Å². The van der Waals surface area contributed by atoms with Crippen LogP contribution >= 0.6 is 0 Å². The molecule has 31 heavy (non-hydrogen) atoms. The Morgan fingerprint density at radius 2 is 1.74 bits per heavy atom. The highest BCUT2D eigenvalue weighted by molar-refractivity contribution is 6.34. The molecule has 1 saturated heterocycles. The molecule has 0 radical (unpaired) electrons. The van der Waals surface area contributed by atoms with Crippen molar-refractivity contribution in [2.24, 2.45) is 0 Å². The summed E-state index contributed by atoms with van der Waals surface area (Å²) in [5, 5.41) is 14.3. The van der Waals surface area contributed by atoms with Crippen LogP contribution in [0.1, 0.15) is 32.4 Å². The number of nitrogens with one attached hydrogen (secondary N) is 2. The Morgan fingerprint density at radius 3 is 2.29 bits per heavy atom. The fraction of sp³-hybridized carbons (Fsp3) is 0.368. The Balaban J connectivity index is 2.41. The Labute approximate surface area is 176 Å².